The topological polar surface area (TPSA) is 128 Å². The fourth-order valence-electron chi connectivity index (χ4n) is 4.36. The predicted octanol–water partition coefficient (Wildman–Crippen LogP) is 2.37. The Kier molecular flexibility index (Phi) is 7.61. The number of rotatable bonds is 8. The van der Waals surface area contributed by atoms with Crippen LogP contribution in [0.1, 0.15) is 63.4 Å². The highest BCUT2D eigenvalue weighted by Gasteiger charge is 2.34. The molecule has 1 aliphatic rings. The lowest BCUT2D eigenvalue weighted by molar-refractivity contribution is -0.128. The van der Waals surface area contributed by atoms with Crippen LogP contribution in [0.4, 0.5) is 0 Å². The summed E-state index contributed by atoms with van der Waals surface area (Å²) in [6, 6.07) is 4.70. The van der Waals surface area contributed by atoms with Gasteiger partial charge in [0.25, 0.3) is 5.91 Å². The van der Waals surface area contributed by atoms with Gasteiger partial charge in [0.1, 0.15) is 11.8 Å². The molecular formula is C24H35N5O4. The van der Waals surface area contributed by atoms with E-state index in [1.807, 2.05) is 37.6 Å². The Bertz CT molecular complexity index is 1020. The lowest BCUT2D eigenvalue weighted by Crippen LogP contribution is -2.54. The van der Waals surface area contributed by atoms with Crippen molar-refractivity contribution in [2.45, 2.75) is 65.5 Å². The van der Waals surface area contributed by atoms with Crippen LogP contribution in [0.3, 0.4) is 0 Å². The third-order valence-electron chi connectivity index (χ3n) is 6.17. The molecule has 2 aromatic rings. The van der Waals surface area contributed by atoms with Crippen LogP contribution in [0, 0.1) is 11.3 Å². The molecule has 1 atom stereocenters. The Hall–Kier alpha value is -3.10. The highest BCUT2D eigenvalue weighted by atomic mass is 16.5. The number of primary amides is 1. The number of hydrogen-bond acceptors (Lipinski definition) is 5. The molecule has 0 saturated heterocycles. The number of amides is 3. The monoisotopic (exact) mass is 457 g/mol. The Labute approximate surface area is 194 Å². The van der Waals surface area contributed by atoms with Crippen molar-refractivity contribution in [2.75, 3.05) is 13.7 Å². The molecule has 4 N–H and O–H groups in total. The minimum absolute atomic E-state index is 0.247. The quantitative estimate of drug-likeness (QED) is 0.561. The molecule has 0 unspecified atom stereocenters. The number of ether oxygens (including phenoxy) is 1. The van der Waals surface area contributed by atoms with E-state index in [9.17, 15) is 14.4 Å². The first-order valence-corrected chi connectivity index (χ1v) is 11.5. The van der Waals surface area contributed by atoms with Crippen molar-refractivity contribution in [1.82, 2.24) is 20.4 Å². The zero-order valence-corrected chi connectivity index (χ0v) is 19.9. The molecule has 0 radical (unpaired) electrons. The van der Waals surface area contributed by atoms with Crippen LogP contribution in [-0.4, -0.2) is 47.2 Å². The number of fused-ring (bicyclic) bond motifs is 1. The van der Waals surface area contributed by atoms with Gasteiger partial charge in [0.2, 0.25) is 11.8 Å². The molecule has 9 heteroatoms. The van der Waals surface area contributed by atoms with Gasteiger partial charge in [-0.25, -0.2) is 0 Å². The number of benzene rings is 1. The Morgan fingerprint density at radius 2 is 1.91 bits per heavy atom. The largest absolute Gasteiger partial charge is 0.497 e. The average molecular weight is 458 g/mol. The normalized spacial score (nSPS) is 15.8. The number of nitrogens with one attached hydrogen (secondary N) is 2. The summed E-state index contributed by atoms with van der Waals surface area (Å²) in [7, 11) is 1.58. The molecule has 1 fully saturated rings. The molecule has 1 aliphatic carbocycles. The molecule has 0 bridgehead atoms. The maximum Gasteiger partial charge on any atom is 0.273 e. The van der Waals surface area contributed by atoms with Crippen LogP contribution in [0.15, 0.2) is 18.2 Å². The lowest BCUT2D eigenvalue weighted by atomic mass is 9.86. The summed E-state index contributed by atoms with van der Waals surface area (Å²) in [5.74, 6) is -0.424. The van der Waals surface area contributed by atoms with Crippen LogP contribution < -0.4 is 21.1 Å². The second-order valence-corrected chi connectivity index (χ2v) is 9.87. The Morgan fingerprint density at radius 1 is 1.21 bits per heavy atom. The molecule has 9 nitrogen and oxygen atoms in total. The summed E-state index contributed by atoms with van der Waals surface area (Å²) in [6.45, 7) is 5.97. The molecule has 0 aliphatic heterocycles. The van der Waals surface area contributed by atoms with E-state index >= 15 is 0 Å². The zero-order chi connectivity index (χ0) is 24.2. The van der Waals surface area contributed by atoms with Crippen molar-refractivity contribution in [3.8, 4) is 5.75 Å². The number of methoxy groups -OCH3 is 1. The van der Waals surface area contributed by atoms with Crippen LogP contribution in [0.25, 0.3) is 10.9 Å². The van der Waals surface area contributed by atoms with Crippen LogP contribution in [0.5, 0.6) is 5.75 Å². The molecule has 180 valence electrons. The van der Waals surface area contributed by atoms with Gasteiger partial charge in [0, 0.05) is 11.9 Å². The summed E-state index contributed by atoms with van der Waals surface area (Å²) < 4.78 is 7.27. The highest BCUT2D eigenvalue weighted by molar-refractivity contribution is 6.06. The summed E-state index contributed by atoms with van der Waals surface area (Å²) in [5, 5.41) is 10.7. The number of nitrogens with two attached hydrogens (primary N) is 1. The fraction of sp³-hybridized carbons (Fsp3) is 0.583. The predicted molar refractivity (Wildman–Crippen MR) is 126 cm³/mol. The van der Waals surface area contributed by atoms with E-state index in [1.54, 1.807) is 13.2 Å². The minimum atomic E-state index is -0.881. The van der Waals surface area contributed by atoms with E-state index in [0.717, 1.165) is 24.9 Å². The molecule has 1 saturated carbocycles. The van der Waals surface area contributed by atoms with Crippen molar-refractivity contribution in [1.29, 1.82) is 0 Å². The van der Waals surface area contributed by atoms with Crippen molar-refractivity contribution in [3.63, 3.8) is 0 Å². The van der Waals surface area contributed by atoms with Crippen molar-refractivity contribution >= 4 is 28.6 Å². The minimum Gasteiger partial charge on any atom is -0.497 e. The zero-order valence-electron chi connectivity index (χ0n) is 19.9. The maximum atomic E-state index is 13.4. The van der Waals surface area contributed by atoms with E-state index in [1.165, 1.54) is 19.3 Å². The first-order valence-electron chi connectivity index (χ1n) is 11.5. The van der Waals surface area contributed by atoms with E-state index in [0.29, 0.717) is 17.1 Å². The van der Waals surface area contributed by atoms with Gasteiger partial charge in [-0.05, 0) is 42.4 Å². The third kappa shape index (κ3) is 6.03. The Balaban J connectivity index is 1.92. The standard InChI is InChI=1S/C24H35N5O4/c1-24(2,3)21(23(32)26-13-19(25)30)27-22(31)20-17-12-16(33-4)10-11-18(17)29(28-20)14-15-8-6-5-7-9-15/h10-12,15,21H,5-9,13-14H2,1-4H3,(H2,25,30)(H,26,32)(H,27,31)/t21-/m1/s1. The molecule has 3 amide bonds. The van der Waals surface area contributed by atoms with Crippen LogP contribution in [0.2, 0.25) is 0 Å². The lowest BCUT2D eigenvalue weighted by Gasteiger charge is -2.30. The fourth-order valence-corrected chi connectivity index (χ4v) is 4.36. The van der Waals surface area contributed by atoms with Gasteiger partial charge < -0.3 is 21.1 Å². The number of carbonyl (C=O) groups is 3. The van der Waals surface area contributed by atoms with E-state index in [4.69, 9.17) is 10.5 Å². The summed E-state index contributed by atoms with van der Waals surface area (Å²) >= 11 is 0. The molecular weight excluding hydrogens is 422 g/mol. The molecule has 3 rings (SSSR count). The number of carbonyl (C=O) groups excluding carboxylic acids is 3. The van der Waals surface area contributed by atoms with E-state index < -0.39 is 29.2 Å². The molecule has 33 heavy (non-hydrogen) atoms. The average Bonchev–Trinajstić information content (AvgIpc) is 3.13. The number of nitrogens with zero attached hydrogens (tertiary/aromatic N) is 2. The summed E-state index contributed by atoms with van der Waals surface area (Å²) in [6.07, 6.45) is 6.03. The maximum absolute atomic E-state index is 13.4. The van der Waals surface area contributed by atoms with Crippen molar-refractivity contribution in [2.24, 2.45) is 17.1 Å². The summed E-state index contributed by atoms with van der Waals surface area (Å²) in [5.41, 5.74) is 5.65. The van der Waals surface area contributed by atoms with Gasteiger partial charge in [-0.15, -0.1) is 0 Å². The van der Waals surface area contributed by atoms with Gasteiger partial charge in [-0.2, -0.15) is 5.10 Å². The van der Waals surface area contributed by atoms with Gasteiger partial charge >= 0.3 is 0 Å². The van der Waals surface area contributed by atoms with Gasteiger partial charge in [-0.3, -0.25) is 19.1 Å². The molecule has 1 aromatic carbocycles. The molecule has 1 heterocycles. The van der Waals surface area contributed by atoms with E-state index in [2.05, 4.69) is 15.7 Å². The SMILES string of the molecule is COc1ccc2c(c1)c(C(=O)N[C@H](C(=O)NCC(N)=O)C(C)(C)C)nn2CC1CCCCC1. The van der Waals surface area contributed by atoms with Crippen molar-refractivity contribution < 1.29 is 19.1 Å². The number of aromatic nitrogens is 2. The Morgan fingerprint density at radius 3 is 2.52 bits per heavy atom. The number of hydrogen-bond donors (Lipinski definition) is 3. The highest BCUT2D eigenvalue weighted by Crippen LogP contribution is 2.29. The van der Waals surface area contributed by atoms with E-state index in [-0.39, 0.29) is 12.2 Å². The molecule has 0 spiro atoms. The smallest absolute Gasteiger partial charge is 0.273 e. The molecule has 1 aromatic heterocycles. The van der Waals surface area contributed by atoms with Crippen LogP contribution in [-0.2, 0) is 16.1 Å². The van der Waals surface area contributed by atoms with Gasteiger partial charge in [-0.1, -0.05) is 40.0 Å². The van der Waals surface area contributed by atoms with Crippen molar-refractivity contribution in [3.05, 3.63) is 23.9 Å². The first kappa shape index (κ1) is 24.5. The van der Waals surface area contributed by atoms with Crippen LogP contribution >= 0.6 is 0 Å². The van der Waals surface area contributed by atoms with Gasteiger partial charge in [0.05, 0.1) is 19.2 Å². The third-order valence-corrected chi connectivity index (χ3v) is 6.17. The second-order valence-electron chi connectivity index (χ2n) is 9.87. The second kappa shape index (κ2) is 10.2. The first-order chi connectivity index (χ1) is 15.6. The summed E-state index contributed by atoms with van der Waals surface area (Å²) in [4.78, 5) is 37.2. The van der Waals surface area contributed by atoms with Gasteiger partial charge in [0.15, 0.2) is 5.69 Å².